The van der Waals surface area contributed by atoms with E-state index >= 15 is 0 Å². The van der Waals surface area contributed by atoms with Gasteiger partial charge in [-0.3, -0.25) is 0 Å². The third-order valence-corrected chi connectivity index (χ3v) is 4.37. The first-order valence-electron chi connectivity index (χ1n) is 8.07. The summed E-state index contributed by atoms with van der Waals surface area (Å²) in [6.07, 6.45) is 0.247. The molecule has 7 heteroatoms. The number of rotatable bonds is 5. The summed E-state index contributed by atoms with van der Waals surface area (Å²) in [5, 5.41) is 12.6. The number of benzene rings is 2. The second-order valence-electron chi connectivity index (χ2n) is 6.01. The fraction of sp³-hybridized carbons (Fsp3) is 0.263. The highest BCUT2D eigenvalue weighted by molar-refractivity contribution is 5.92. The highest BCUT2D eigenvalue weighted by atomic mass is 19.1. The minimum Gasteiger partial charge on any atom is -0.478 e. The number of carboxylic acids is 1. The van der Waals surface area contributed by atoms with Gasteiger partial charge in [-0.1, -0.05) is 30.3 Å². The van der Waals surface area contributed by atoms with Gasteiger partial charge in [0.05, 0.1) is 12.7 Å². The number of ether oxygens (including phenoxy) is 2. The topological polar surface area (TPSA) is 84.9 Å². The van der Waals surface area contributed by atoms with Crippen molar-refractivity contribution in [3.05, 3.63) is 53.8 Å². The molecule has 1 heterocycles. The molecule has 3 rings (SSSR count). The lowest BCUT2D eigenvalue weighted by molar-refractivity contribution is -0.153. The van der Waals surface area contributed by atoms with E-state index in [1.165, 1.54) is 6.07 Å². The summed E-state index contributed by atoms with van der Waals surface area (Å²) < 4.78 is 24.9. The van der Waals surface area contributed by atoms with E-state index in [1.54, 1.807) is 24.3 Å². The van der Waals surface area contributed by atoms with E-state index in [4.69, 9.17) is 4.74 Å². The van der Waals surface area contributed by atoms with Gasteiger partial charge in [0.25, 0.3) is 0 Å². The number of carbonyl (C=O) groups is 2. The lowest BCUT2D eigenvalue weighted by Crippen LogP contribution is -2.46. The molecule has 0 amide bonds. The standard InChI is InChI=1S/C19H18FNO5/c1-25-17(22)14-9-13(12-5-3-2-4-6-12)16(10-15(14)20)26-19(18(23)24)7-8-21-11-19/h2-6,9-10,21H,7-8,11H2,1H3,(H,23,24)/t19-/m0/s1. The van der Waals surface area contributed by atoms with Gasteiger partial charge < -0.3 is 19.9 Å². The minimum atomic E-state index is -1.48. The smallest absolute Gasteiger partial charge is 0.349 e. The van der Waals surface area contributed by atoms with Crippen molar-refractivity contribution in [1.82, 2.24) is 5.32 Å². The number of hydrogen-bond acceptors (Lipinski definition) is 5. The first-order valence-corrected chi connectivity index (χ1v) is 8.07. The van der Waals surface area contributed by atoms with E-state index in [1.807, 2.05) is 6.07 Å². The van der Waals surface area contributed by atoms with Crippen LogP contribution >= 0.6 is 0 Å². The van der Waals surface area contributed by atoms with Gasteiger partial charge in [-0.25, -0.2) is 14.0 Å². The van der Waals surface area contributed by atoms with Crippen molar-refractivity contribution in [1.29, 1.82) is 0 Å². The predicted molar refractivity (Wildman–Crippen MR) is 91.7 cm³/mol. The number of methoxy groups -OCH3 is 1. The van der Waals surface area contributed by atoms with Crippen LogP contribution in [-0.4, -0.2) is 42.8 Å². The zero-order valence-electron chi connectivity index (χ0n) is 14.1. The Labute approximate surface area is 149 Å². The monoisotopic (exact) mass is 359 g/mol. The van der Waals surface area contributed by atoms with Crippen molar-refractivity contribution in [3.8, 4) is 16.9 Å². The fourth-order valence-electron chi connectivity index (χ4n) is 2.94. The van der Waals surface area contributed by atoms with Crippen molar-refractivity contribution in [2.75, 3.05) is 20.2 Å². The number of esters is 1. The Morgan fingerprint density at radius 1 is 1.23 bits per heavy atom. The van der Waals surface area contributed by atoms with Gasteiger partial charge in [0.1, 0.15) is 11.6 Å². The van der Waals surface area contributed by atoms with E-state index in [0.29, 0.717) is 17.7 Å². The molecular weight excluding hydrogens is 341 g/mol. The summed E-state index contributed by atoms with van der Waals surface area (Å²) in [5.41, 5.74) is -0.644. The molecule has 1 saturated heterocycles. The summed E-state index contributed by atoms with van der Waals surface area (Å²) in [5.74, 6) is -2.72. The van der Waals surface area contributed by atoms with Gasteiger partial charge in [-0.05, 0) is 18.2 Å². The number of carbonyl (C=O) groups excluding carboxylic acids is 1. The van der Waals surface area contributed by atoms with Crippen molar-refractivity contribution < 1.29 is 28.6 Å². The van der Waals surface area contributed by atoms with Crippen LogP contribution < -0.4 is 10.1 Å². The van der Waals surface area contributed by atoms with Crippen LogP contribution in [0.3, 0.4) is 0 Å². The molecular formula is C19H18FNO5. The number of nitrogens with one attached hydrogen (secondary N) is 1. The maximum atomic E-state index is 14.4. The van der Waals surface area contributed by atoms with E-state index in [2.05, 4.69) is 10.1 Å². The average molecular weight is 359 g/mol. The first-order chi connectivity index (χ1) is 12.5. The van der Waals surface area contributed by atoms with Crippen LogP contribution in [0, 0.1) is 5.82 Å². The van der Waals surface area contributed by atoms with Crippen LogP contribution in [0.1, 0.15) is 16.8 Å². The van der Waals surface area contributed by atoms with E-state index in [0.717, 1.165) is 13.2 Å². The van der Waals surface area contributed by atoms with Gasteiger partial charge in [-0.15, -0.1) is 0 Å². The lowest BCUT2D eigenvalue weighted by atomic mass is 9.99. The van der Waals surface area contributed by atoms with E-state index in [9.17, 15) is 19.1 Å². The SMILES string of the molecule is COC(=O)c1cc(-c2ccccc2)c(O[C@@]2(C(=O)O)CCNC2)cc1F. The second-order valence-corrected chi connectivity index (χ2v) is 6.01. The number of carboxylic acid groups (broad SMARTS) is 1. The molecule has 0 aliphatic carbocycles. The number of halogens is 1. The normalized spacial score (nSPS) is 19.2. The van der Waals surface area contributed by atoms with Crippen molar-refractivity contribution >= 4 is 11.9 Å². The summed E-state index contributed by atoms with van der Waals surface area (Å²) in [6, 6.07) is 11.3. The number of aliphatic carboxylic acids is 1. The maximum absolute atomic E-state index is 14.4. The minimum absolute atomic E-state index is 0.0625. The third-order valence-electron chi connectivity index (χ3n) is 4.37. The molecule has 2 N–H and O–H groups in total. The highest BCUT2D eigenvalue weighted by Crippen LogP contribution is 2.36. The Kier molecular flexibility index (Phi) is 4.90. The maximum Gasteiger partial charge on any atom is 0.349 e. The second kappa shape index (κ2) is 7.13. The Morgan fingerprint density at radius 3 is 2.54 bits per heavy atom. The molecule has 136 valence electrons. The molecule has 2 aromatic rings. The quantitative estimate of drug-likeness (QED) is 0.798. The molecule has 0 spiro atoms. The number of hydrogen-bond donors (Lipinski definition) is 2. The van der Waals surface area contributed by atoms with Gasteiger partial charge in [0, 0.05) is 24.6 Å². The van der Waals surface area contributed by atoms with Crippen LogP contribution in [0.15, 0.2) is 42.5 Å². The summed E-state index contributed by atoms with van der Waals surface area (Å²) in [6.45, 7) is 0.590. The highest BCUT2D eigenvalue weighted by Gasteiger charge is 2.44. The van der Waals surface area contributed by atoms with Crippen molar-refractivity contribution in [2.45, 2.75) is 12.0 Å². The molecule has 26 heavy (non-hydrogen) atoms. The molecule has 1 atom stereocenters. The van der Waals surface area contributed by atoms with Gasteiger partial charge in [-0.2, -0.15) is 0 Å². The predicted octanol–water partition coefficient (Wildman–Crippen LogP) is 2.47. The summed E-state index contributed by atoms with van der Waals surface area (Å²) >= 11 is 0. The molecule has 0 aromatic heterocycles. The lowest BCUT2D eigenvalue weighted by Gasteiger charge is -2.26. The van der Waals surface area contributed by atoms with Crippen LogP contribution in [0.2, 0.25) is 0 Å². The Hall–Kier alpha value is -2.93. The Morgan fingerprint density at radius 2 is 1.96 bits per heavy atom. The van der Waals surface area contributed by atoms with Crippen LogP contribution in [-0.2, 0) is 9.53 Å². The zero-order valence-corrected chi connectivity index (χ0v) is 14.1. The third kappa shape index (κ3) is 3.25. The van der Waals surface area contributed by atoms with E-state index in [-0.39, 0.29) is 24.3 Å². The van der Waals surface area contributed by atoms with Gasteiger partial charge in [0.2, 0.25) is 5.60 Å². The molecule has 1 aliphatic heterocycles. The van der Waals surface area contributed by atoms with Crippen LogP contribution in [0.4, 0.5) is 4.39 Å². The van der Waals surface area contributed by atoms with E-state index < -0.39 is 23.4 Å². The summed E-state index contributed by atoms with van der Waals surface area (Å²) in [4.78, 5) is 23.6. The van der Waals surface area contributed by atoms with Crippen molar-refractivity contribution in [2.24, 2.45) is 0 Å². The molecule has 6 nitrogen and oxygen atoms in total. The molecule has 0 bridgehead atoms. The molecule has 0 radical (unpaired) electrons. The van der Waals surface area contributed by atoms with Gasteiger partial charge in [0.15, 0.2) is 0 Å². The Bertz CT molecular complexity index is 831. The molecule has 1 aliphatic rings. The molecule has 1 fully saturated rings. The first kappa shape index (κ1) is 17.9. The Balaban J connectivity index is 2.13. The van der Waals surface area contributed by atoms with Crippen molar-refractivity contribution in [3.63, 3.8) is 0 Å². The van der Waals surface area contributed by atoms with Gasteiger partial charge >= 0.3 is 11.9 Å². The fourth-order valence-corrected chi connectivity index (χ4v) is 2.94. The molecule has 2 aromatic carbocycles. The van der Waals surface area contributed by atoms with Crippen LogP contribution in [0.25, 0.3) is 11.1 Å². The molecule has 0 unspecified atom stereocenters. The molecule has 0 saturated carbocycles. The average Bonchev–Trinajstić information content (AvgIpc) is 3.12. The summed E-state index contributed by atoms with van der Waals surface area (Å²) in [7, 11) is 1.16. The van der Waals surface area contributed by atoms with Crippen LogP contribution in [0.5, 0.6) is 5.75 Å². The zero-order chi connectivity index (χ0) is 18.7. The largest absolute Gasteiger partial charge is 0.478 e.